The maximum atomic E-state index is 5.85. The van der Waals surface area contributed by atoms with Crippen molar-refractivity contribution in [1.29, 1.82) is 0 Å². The van der Waals surface area contributed by atoms with Gasteiger partial charge >= 0.3 is 0 Å². The Balaban J connectivity index is 3.39. The van der Waals surface area contributed by atoms with Gasteiger partial charge in [-0.3, -0.25) is 0 Å². The fourth-order valence-corrected chi connectivity index (χ4v) is 2.82. The van der Waals surface area contributed by atoms with Gasteiger partial charge in [-0.05, 0) is 5.92 Å². The van der Waals surface area contributed by atoms with E-state index in [4.69, 9.17) is 5.50 Å². The molecular formula is C6H17NP+. The molecule has 0 radical (unpaired) electrons. The monoisotopic (exact) mass is 134 g/mol. The van der Waals surface area contributed by atoms with Crippen LogP contribution in [0, 0.1) is 5.92 Å². The molecule has 0 aromatic heterocycles. The molecule has 1 nitrogen and oxygen atoms in total. The average Bonchev–Trinajstić information content (AvgIpc) is 1.21. The van der Waals surface area contributed by atoms with E-state index in [1.165, 1.54) is 6.16 Å². The van der Waals surface area contributed by atoms with Gasteiger partial charge in [0.25, 0.3) is 0 Å². The van der Waals surface area contributed by atoms with E-state index in [0.29, 0.717) is 0 Å². The van der Waals surface area contributed by atoms with Crippen LogP contribution >= 0.6 is 7.41 Å². The fraction of sp³-hybridized carbons (Fsp3) is 1.00. The molecule has 0 bridgehead atoms. The standard InChI is InChI=1S/C6H17NP/c1-6(2)5-8(3,4)7/h6H,5,7H2,1-4H3/q+1. The van der Waals surface area contributed by atoms with Crippen LogP contribution in [-0.2, 0) is 0 Å². The smallest absolute Gasteiger partial charge is 0.0764 e. The zero-order valence-corrected chi connectivity index (χ0v) is 7.20. The van der Waals surface area contributed by atoms with Crippen molar-refractivity contribution < 1.29 is 0 Å². The average molecular weight is 134 g/mol. The predicted octanol–water partition coefficient (Wildman–Crippen LogP) is 1.79. The number of hydrogen-bond acceptors (Lipinski definition) is 1. The molecule has 0 unspecified atom stereocenters. The maximum absolute atomic E-state index is 5.85. The summed E-state index contributed by atoms with van der Waals surface area (Å²) >= 11 is 0. The summed E-state index contributed by atoms with van der Waals surface area (Å²) in [6.07, 6.45) is 1.22. The van der Waals surface area contributed by atoms with E-state index in [1.807, 2.05) is 0 Å². The quantitative estimate of drug-likeness (QED) is 0.572. The summed E-state index contributed by atoms with van der Waals surface area (Å²) in [5, 5.41) is 0. The SMILES string of the molecule is CC(C)C[P+](C)(C)N. The summed E-state index contributed by atoms with van der Waals surface area (Å²) in [5.41, 5.74) is 5.85. The summed E-state index contributed by atoms with van der Waals surface area (Å²) < 4.78 is 0. The molecule has 0 atom stereocenters. The number of hydrogen-bond donors (Lipinski definition) is 1. The lowest BCUT2D eigenvalue weighted by Crippen LogP contribution is -2.09. The van der Waals surface area contributed by atoms with Gasteiger partial charge in [-0.25, -0.2) is 5.50 Å². The molecule has 0 saturated heterocycles. The van der Waals surface area contributed by atoms with Crippen LogP contribution in [0.3, 0.4) is 0 Å². The fourth-order valence-electron chi connectivity index (χ4n) is 0.941. The van der Waals surface area contributed by atoms with Crippen LogP contribution < -0.4 is 5.50 Å². The zero-order valence-electron chi connectivity index (χ0n) is 6.31. The van der Waals surface area contributed by atoms with Crippen LogP contribution in [0.1, 0.15) is 13.8 Å². The largest absolute Gasteiger partial charge is 0.205 e. The lowest BCUT2D eigenvalue weighted by Gasteiger charge is -2.12. The Labute approximate surface area is 53.0 Å². The van der Waals surface area contributed by atoms with Crippen LogP contribution in [0.25, 0.3) is 0 Å². The lowest BCUT2D eigenvalue weighted by atomic mass is 10.3. The van der Waals surface area contributed by atoms with Crippen LogP contribution in [-0.4, -0.2) is 19.5 Å². The molecule has 0 aliphatic rings. The van der Waals surface area contributed by atoms with Gasteiger partial charge in [0, 0.05) is 0 Å². The Morgan fingerprint density at radius 3 is 1.75 bits per heavy atom. The summed E-state index contributed by atoms with van der Waals surface area (Å²) in [7, 11) is -0.972. The van der Waals surface area contributed by atoms with Crippen LogP contribution in [0.2, 0.25) is 0 Å². The molecule has 0 aliphatic carbocycles. The minimum absolute atomic E-state index is 0.767. The molecule has 0 spiro atoms. The van der Waals surface area contributed by atoms with E-state index < -0.39 is 7.41 Å². The molecule has 0 saturated carbocycles. The van der Waals surface area contributed by atoms with Crippen molar-refractivity contribution >= 4 is 7.41 Å². The number of nitrogens with two attached hydrogens (primary N) is 1. The first-order chi connectivity index (χ1) is 3.42. The van der Waals surface area contributed by atoms with E-state index in [2.05, 4.69) is 27.2 Å². The van der Waals surface area contributed by atoms with Crippen LogP contribution in [0.5, 0.6) is 0 Å². The van der Waals surface area contributed by atoms with Gasteiger partial charge in [0.05, 0.1) is 26.9 Å². The molecule has 8 heavy (non-hydrogen) atoms. The Bertz CT molecular complexity index is 63.4. The molecule has 0 fully saturated rings. The second-order valence-electron chi connectivity index (χ2n) is 3.36. The number of rotatable bonds is 2. The second kappa shape index (κ2) is 2.80. The third-order valence-corrected chi connectivity index (χ3v) is 2.51. The molecule has 0 amide bonds. The molecule has 0 heterocycles. The first kappa shape index (κ1) is 8.39. The van der Waals surface area contributed by atoms with E-state index in [0.717, 1.165) is 5.92 Å². The zero-order chi connectivity index (χ0) is 6.78. The van der Waals surface area contributed by atoms with Crippen molar-refractivity contribution in [1.82, 2.24) is 0 Å². The first-order valence-corrected chi connectivity index (χ1v) is 5.97. The minimum Gasteiger partial charge on any atom is -0.205 e. The summed E-state index contributed by atoms with van der Waals surface area (Å²) in [6, 6.07) is 0. The highest BCUT2D eigenvalue weighted by atomic mass is 31.2. The third-order valence-electron chi connectivity index (χ3n) is 0.836. The molecular weight excluding hydrogens is 117 g/mol. The van der Waals surface area contributed by atoms with Crippen molar-refractivity contribution in [3.8, 4) is 0 Å². The highest BCUT2D eigenvalue weighted by Crippen LogP contribution is 2.42. The molecule has 2 N–H and O–H groups in total. The van der Waals surface area contributed by atoms with Crippen molar-refractivity contribution in [2.24, 2.45) is 11.4 Å². The first-order valence-electron chi connectivity index (χ1n) is 3.03. The molecule has 0 aromatic rings. The Kier molecular flexibility index (Phi) is 2.93. The normalized spacial score (nSPS) is 12.8. The van der Waals surface area contributed by atoms with Gasteiger partial charge in [-0.1, -0.05) is 13.8 Å². The van der Waals surface area contributed by atoms with Gasteiger partial charge in [0.1, 0.15) is 0 Å². The van der Waals surface area contributed by atoms with Gasteiger partial charge in [-0.2, -0.15) is 0 Å². The van der Waals surface area contributed by atoms with Crippen molar-refractivity contribution in [2.75, 3.05) is 19.5 Å². The third kappa shape index (κ3) is 6.39. The van der Waals surface area contributed by atoms with Gasteiger partial charge in [0.15, 0.2) is 0 Å². The lowest BCUT2D eigenvalue weighted by molar-refractivity contribution is 0.741. The Morgan fingerprint density at radius 1 is 1.38 bits per heavy atom. The summed E-state index contributed by atoms with van der Waals surface area (Å²) in [4.78, 5) is 0. The summed E-state index contributed by atoms with van der Waals surface area (Å²) in [6.45, 7) is 8.78. The van der Waals surface area contributed by atoms with Gasteiger partial charge in [0.2, 0.25) is 0 Å². The Morgan fingerprint density at radius 2 is 1.75 bits per heavy atom. The molecule has 50 valence electrons. The highest BCUT2D eigenvalue weighted by Gasteiger charge is 2.19. The van der Waals surface area contributed by atoms with Gasteiger partial charge < -0.3 is 0 Å². The van der Waals surface area contributed by atoms with E-state index in [9.17, 15) is 0 Å². The van der Waals surface area contributed by atoms with Crippen molar-refractivity contribution in [3.63, 3.8) is 0 Å². The van der Waals surface area contributed by atoms with Crippen LogP contribution in [0.15, 0.2) is 0 Å². The van der Waals surface area contributed by atoms with Crippen molar-refractivity contribution in [2.45, 2.75) is 13.8 Å². The molecule has 0 aliphatic heterocycles. The maximum Gasteiger partial charge on any atom is 0.0764 e. The topological polar surface area (TPSA) is 26.0 Å². The summed E-state index contributed by atoms with van der Waals surface area (Å²) in [5.74, 6) is 0.767. The van der Waals surface area contributed by atoms with Crippen LogP contribution in [0.4, 0.5) is 0 Å². The predicted molar refractivity (Wildman–Crippen MR) is 42.7 cm³/mol. The Hall–Kier alpha value is 0.390. The minimum atomic E-state index is -0.972. The van der Waals surface area contributed by atoms with Gasteiger partial charge in [-0.15, -0.1) is 0 Å². The van der Waals surface area contributed by atoms with E-state index >= 15 is 0 Å². The molecule has 0 rings (SSSR count). The highest BCUT2D eigenvalue weighted by molar-refractivity contribution is 7.72. The van der Waals surface area contributed by atoms with E-state index in [1.54, 1.807) is 0 Å². The molecule has 2 heteroatoms. The van der Waals surface area contributed by atoms with Crippen molar-refractivity contribution in [3.05, 3.63) is 0 Å². The molecule has 0 aromatic carbocycles. The second-order valence-corrected chi connectivity index (χ2v) is 7.28. The van der Waals surface area contributed by atoms with E-state index in [-0.39, 0.29) is 0 Å².